The van der Waals surface area contributed by atoms with E-state index in [0.717, 1.165) is 0 Å². The smallest absolute Gasteiger partial charge is 0.152 e. The molecule has 0 aliphatic heterocycles. The van der Waals surface area contributed by atoms with Gasteiger partial charge in [0.2, 0.25) is 0 Å². The first-order valence-corrected chi connectivity index (χ1v) is 3.49. The van der Waals surface area contributed by atoms with Crippen molar-refractivity contribution in [3.05, 3.63) is 12.7 Å². The van der Waals surface area contributed by atoms with Crippen LogP contribution < -0.4 is 5.73 Å². The van der Waals surface area contributed by atoms with Crippen molar-refractivity contribution < 1.29 is 4.79 Å². The average molecular weight is 141 g/mol. The highest BCUT2D eigenvalue weighted by atomic mass is 16.1. The van der Waals surface area contributed by atoms with E-state index in [1.807, 2.05) is 13.8 Å². The maximum atomic E-state index is 11.1. The number of ketones is 1. The van der Waals surface area contributed by atoms with E-state index >= 15 is 0 Å². The van der Waals surface area contributed by atoms with E-state index in [-0.39, 0.29) is 17.7 Å². The second kappa shape index (κ2) is 4.23. The predicted molar refractivity (Wildman–Crippen MR) is 42.6 cm³/mol. The van der Waals surface area contributed by atoms with Crippen molar-refractivity contribution in [3.8, 4) is 0 Å². The number of Topliss-reactive ketones (excluding diaryl/α,β-unsaturated/α-hetero) is 1. The molecule has 0 amide bonds. The highest BCUT2D eigenvalue weighted by molar-refractivity contribution is 5.85. The molecular formula is C8H15NO. The predicted octanol–water partition coefficient (Wildman–Crippen LogP) is 1.11. The summed E-state index contributed by atoms with van der Waals surface area (Å²) in [6, 6.07) is -0.350. The molecule has 0 fully saturated rings. The molecular weight excluding hydrogens is 126 g/mol. The monoisotopic (exact) mass is 141 g/mol. The first kappa shape index (κ1) is 9.37. The molecule has 0 aliphatic rings. The van der Waals surface area contributed by atoms with Crippen LogP contribution in [0.3, 0.4) is 0 Å². The summed E-state index contributed by atoms with van der Waals surface area (Å²) < 4.78 is 0. The molecule has 0 saturated carbocycles. The van der Waals surface area contributed by atoms with Crippen LogP contribution in [-0.2, 0) is 4.79 Å². The van der Waals surface area contributed by atoms with E-state index in [2.05, 4.69) is 6.58 Å². The van der Waals surface area contributed by atoms with Crippen molar-refractivity contribution >= 4 is 5.78 Å². The number of hydrogen-bond acceptors (Lipinski definition) is 2. The molecule has 0 heterocycles. The van der Waals surface area contributed by atoms with E-state index in [9.17, 15) is 4.79 Å². The summed E-state index contributed by atoms with van der Waals surface area (Å²) in [5.74, 6) is 0.148. The first-order chi connectivity index (χ1) is 4.59. The third-order valence-electron chi connectivity index (χ3n) is 1.36. The number of nitrogens with two attached hydrogens (primary N) is 1. The van der Waals surface area contributed by atoms with E-state index in [4.69, 9.17) is 5.73 Å². The van der Waals surface area contributed by atoms with Crippen molar-refractivity contribution in [2.75, 3.05) is 0 Å². The van der Waals surface area contributed by atoms with Crippen LogP contribution >= 0.6 is 0 Å². The molecule has 0 saturated heterocycles. The molecule has 2 nitrogen and oxygen atoms in total. The van der Waals surface area contributed by atoms with Gasteiger partial charge in [0.05, 0.1) is 6.04 Å². The molecule has 2 heteroatoms. The van der Waals surface area contributed by atoms with Crippen molar-refractivity contribution in [1.82, 2.24) is 0 Å². The second-order valence-electron chi connectivity index (χ2n) is 2.69. The maximum Gasteiger partial charge on any atom is 0.152 e. The molecule has 0 aromatic heterocycles. The lowest BCUT2D eigenvalue weighted by Crippen LogP contribution is -2.32. The molecule has 58 valence electrons. The number of hydrogen-bond donors (Lipinski definition) is 1. The Kier molecular flexibility index (Phi) is 3.96. The highest BCUT2D eigenvalue weighted by Gasteiger charge is 2.14. The van der Waals surface area contributed by atoms with E-state index in [0.29, 0.717) is 6.42 Å². The third kappa shape index (κ3) is 2.78. The Labute approximate surface area is 62.1 Å². The van der Waals surface area contributed by atoms with E-state index in [1.165, 1.54) is 0 Å². The number of carbonyl (C=O) groups is 1. The van der Waals surface area contributed by atoms with Gasteiger partial charge in [-0.05, 0) is 6.42 Å². The number of carbonyl (C=O) groups excluding carboxylic acids is 1. The minimum atomic E-state index is -0.350. The van der Waals surface area contributed by atoms with Gasteiger partial charge < -0.3 is 5.73 Å². The van der Waals surface area contributed by atoms with Crippen LogP contribution in [-0.4, -0.2) is 11.8 Å². The Morgan fingerprint density at radius 3 is 2.50 bits per heavy atom. The number of rotatable bonds is 4. The van der Waals surface area contributed by atoms with Gasteiger partial charge in [0.25, 0.3) is 0 Å². The Hall–Kier alpha value is -0.630. The highest BCUT2D eigenvalue weighted by Crippen LogP contribution is 2.00. The lowest BCUT2D eigenvalue weighted by Gasteiger charge is -2.09. The lowest BCUT2D eigenvalue weighted by molar-refractivity contribution is -0.123. The van der Waals surface area contributed by atoms with Gasteiger partial charge in [0.15, 0.2) is 5.78 Å². The van der Waals surface area contributed by atoms with Gasteiger partial charge in [-0.15, -0.1) is 6.58 Å². The van der Waals surface area contributed by atoms with Gasteiger partial charge in [-0.3, -0.25) is 4.79 Å². The summed E-state index contributed by atoms with van der Waals surface area (Å²) in [7, 11) is 0. The molecule has 0 aromatic rings. The van der Waals surface area contributed by atoms with Crippen LogP contribution in [0.2, 0.25) is 0 Å². The van der Waals surface area contributed by atoms with Crippen LogP contribution in [0, 0.1) is 5.92 Å². The summed E-state index contributed by atoms with van der Waals surface area (Å²) in [5, 5.41) is 0. The topological polar surface area (TPSA) is 43.1 Å². The zero-order valence-electron chi connectivity index (χ0n) is 6.63. The second-order valence-corrected chi connectivity index (χ2v) is 2.69. The Morgan fingerprint density at radius 1 is 1.70 bits per heavy atom. The zero-order valence-corrected chi connectivity index (χ0v) is 6.63. The quantitative estimate of drug-likeness (QED) is 0.596. The molecule has 0 aliphatic carbocycles. The van der Waals surface area contributed by atoms with Crippen molar-refractivity contribution in [2.24, 2.45) is 11.7 Å². The van der Waals surface area contributed by atoms with Crippen molar-refractivity contribution in [2.45, 2.75) is 26.3 Å². The Bertz CT molecular complexity index is 129. The van der Waals surface area contributed by atoms with Gasteiger partial charge in [0, 0.05) is 5.92 Å². The molecule has 0 spiro atoms. The molecule has 10 heavy (non-hydrogen) atoms. The summed E-state index contributed by atoms with van der Waals surface area (Å²) in [6.45, 7) is 7.22. The summed E-state index contributed by atoms with van der Waals surface area (Å²) in [4.78, 5) is 11.1. The fourth-order valence-electron chi connectivity index (χ4n) is 0.724. The van der Waals surface area contributed by atoms with Crippen LogP contribution in [0.15, 0.2) is 12.7 Å². The van der Waals surface area contributed by atoms with Crippen LogP contribution in [0.5, 0.6) is 0 Å². The minimum absolute atomic E-state index is 0.0370. The third-order valence-corrected chi connectivity index (χ3v) is 1.36. The van der Waals surface area contributed by atoms with Gasteiger partial charge in [-0.2, -0.15) is 0 Å². The minimum Gasteiger partial charge on any atom is -0.321 e. The molecule has 2 N–H and O–H groups in total. The maximum absolute atomic E-state index is 11.1. The molecule has 0 aromatic carbocycles. The average Bonchev–Trinajstić information content (AvgIpc) is 1.87. The van der Waals surface area contributed by atoms with Gasteiger partial charge >= 0.3 is 0 Å². The summed E-state index contributed by atoms with van der Waals surface area (Å²) >= 11 is 0. The lowest BCUT2D eigenvalue weighted by atomic mass is 10.0. The van der Waals surface area contributed by atoms with Crippen LogP contribution in [0.1, 0.15) is 20.3 Å². The van der Waals surface area contributed by atoms with Gasteiger partial charge in [0.1, 0.15) is 0 Å². The van der Waals surface area contributed by atoms with Crippen LogP contribution in [0.25, 0.3) is 0 Å². The molecule has 1 atom stereocenters. The zero-order chi connectivity index (χ0) is 8.15. The van der Waals surface area contributed by atoms with Gasteiger partial charge in [-0.1, -0.05) is 19.9 Å². The SMILES string of the molecule is C=CCC(N)C(=O)C(C)C. The first-order valence-electron chi connectivity index (χ1n) is 3.49. The van der Waals surface area contributed by atoms with Crippen LogP contribution in [0.4, 0.5) is 0 Å². The van der Waals surface area contributed by atoms with Crippen molar-refractivity contribution in [3.63, 3.8) is 0 Å². The normalized spacial score (nSPS) is 13.2. The summed E-state index contributed by atoms with van der Waals surface area (Å²) in [5.41, 5.74) is 5.51. The van der Waals surface area contributed by atoms with E-state index < -0.39 is 0 Å². The molecule has 0 bridgehead atoms. The fourth-order valence-corrected chi connectivity index (χ4v) is 0.724. The Balaban J connectivity index is 3.81. The standard InChI is InChI=1S/C8H15NO/c1-4-5-7(9)8(10)6(2)3/h4,6-7H,1,5,9H2,2-3H3. The largest absolute Gasteiger partial charge is 0.321 e. The van der Waals surface area contributed by atoms with Crippen molar-refractivity contribution in [1.29, 1.82) is 0 Å². The fraction of sp³-hybridized carbons (Fsp3) is 0.625. The molecule has 0 rings (SSSR count). The van der Waals surface area contributed by atoms with Gasteiger partial charge in [-0.25, -0.2) is 0 Å². The van der Waals surface area contributed by atoms with E-state index in [1.54, 1.807) is 6.08 Å². The molecule has 0 radical (unpaired) electrons. The summed E-state index contributed by atoms with van der Waals surface area (Å²) in [6.07, 6.45) is 2.25. The molecule has 1 unspecified atom stereocenters. The Morgan fingerprint density at radius 2 is 2.20 bits per heavy atom.